The summed E-state index contributed by atoms with van der Waals surface area (Å²) in [5.74, 6) is 1.57. The van der Waals surface area contributed by atoms with Crippen molar-refractivity contribution < 1.29 is 4.74 Å². The van der Waals surface area contributed by atoms with Gasteiger partial charge in [0.05, 0.1) is 11.8 Å². The molecule has 1 aromatic carbocycles. The van der Waals surface area contributed by atoms with Crippen LogP contribution in [0.4, 0.5) is 5.82 Å². The normalized spacial score (nSPS) is 10.5. The zero-order valence-electron chi connectivity index (χ0n) is 10.2. The van der Waals surface area contributed by atoms with Crippen molar-refractivity contribution in [2.45, 2.75) is 27.0 Å². The first-order chi connectivity index (χ1) is 8.22. The number of ether oxygens (including phenoxy) is 1. The first-order valence-electron chi connectivity index (χ1n) is 5.71. The Bertz CT molecular complexity index is 505. The first-order valence-corrected chi connectivity index (χ1v) is 5.71. The predicted octanol–water partition coefficient (Wildman–Crippen LogP) is 2.37. The number of para-hydroxylation sites is 1. The monoisotopic (exact) mass is 231 g/mol. The van der Waals surface area contributed by atoms with Gasteiger partial charge in [-0.15, -0.1) is 0 Å². The summed E-state index contributed by atoms with van der Waals surface area (Å²) in [6.45, 7) is 5.26. The van der Waals surface area contributed by atoms with Crippen LogP contribution in [0.15, 0.2) is 30.5 Å². The van der Waals surface area contributed by atoms with Crippen LogP contribution < -0.4 is 10.5 Å². The van der Waals surface area contributed by atoms with E-state index in [1.807, 2.05) is 38.1 Å². The minimum absolute atomic E-state index is 0.455. The Morgan fingerprint density at radius 2 is 2.12 bits per heavy atom. The minimum atomic E-state index is 0.455. The third kappa shape index (κ3) is 2.41. The van der Waals surface area contributed by atoms with Crippen LogP contribution in [0.5, 0.6) is 5.75 Å². The number of nitrogen functional groups attached to an aromatic ring is 1. The molecule has 0 saturated carbocycles. The maximum atomic E-state index is 5.94. The van der Waals surface area contributed by atoms with Crippen molar-refractivity contribution in [2.24, 2.45) is 0 Å². The van der Waals surface area contributed by atoms with Crippen LogP contribution in [-0.4, -0.2) is 9.78 Å². The van der Waals surface area contributed by atoms with Crippen molar-refractivity contribution in [2.75, 3.05) is 5.73 Å². The van der Waals surface area contributed by atoms with Crippen molar-refractivity contribution >= 4 is 5.82 Å². The van der Waals surface area contributed by atoms with Crippen molar-refractivity contribution in [3.05, 3.63) is 41.6 Å². The van der Waals surface area contributed by atoms with E-state index in [1.165, 1.54) is 0 Å². The van der Waals surface area contributed by atoms with Gasteiger partial charge in [-0.2, -0.15) is 5.10 Å². The number of anilines is 1. The van der Waals surface area contributed by atoms with E-state index in [2.05, 4.69) is 5.10 Å². The highest BCUT2D eigenvalue weighted by atomic mass is 16.5. The lowest BCUT2D eigenvalue weighted by molar-refractivity contribution is 0.304. The number of hydrogen-bond acceptors (Lipinski definition) is 3. The molecule has 0 unspecified atom stereocenters. The zero-order chi connectivity index (χ0) is 12.3. The van der Waals surface area contributed by atoms with Crippen molar-refractivity contribution in [1.82, 2.24) is 9.78 Å². The quantitative estimate of drug-likeness (QED) is 0.878. The molecule has 0 spiro atoms. The third-order valence-corrected chi connectivity index (χ3v) is 2.74. The molecule has 0 aliphatic rings. The van der Waals surface area contributed by atoms with E-state index in [0.29, 0.717) is 12.4 Å². The summed E-state index contributed by atoms with van der Waals surface area (Å²) in [6, 6.07) is 7.93. The highest BCUT2D eigenvalue weighted by Crippen LogP contribution is 2.19. The first kappa shape index (κ1) is 11.5. The van der Waals surface area contributed by atoms with Crippen LogP contribution in [-0.2, 0) is 13.2 Å². The molecule has 17 heavy (non-hydrogen) atoms. The molecule has 0 amide bonds. The van der Waals surface area contributed by atoms with E-state index in [0.717, 1.165) is 23.4 Å². The molecule has 0 bridgehead atoms. The second-order valence-corrected chi connectivity index (χ2v) is 3.92. The fourth-order valence-corrected chi connectivity index (χ4v) is 1.67. The van der Waals surface area contributed by atoms with Crippen LogP contribution in [0.3, 0.4) is 0 Å². The average molecular weight is 231 g/mol. The van der Waals surface area contributed by atoms with Crippen molar-refractivity contribution in [1.29, 1.82) is 0 Å². The Morgan fingerprint density at radius 3 is 2.76 bits per heavy atom. The molecule has 4 nitrogen and oxygen atoms in total. The molecule has 1 aromatic heterocycles. The molecule has 0 aliphatic heterocycles. The third-order valence-electron chi connectivity index (χ3n) is 2.74. The molecule has 0 aliphatic carbocycles. The molecule has 2 aromatic rings. The number of nitrogens with two attached hydrogens (primary N) is 1. The topological polar surface area (TPSA) is 53.1 Å². The fraction of sp³-hybridized carbons (Fsp3) is 0.308. The van der Waals surface area contributed by atoms with Gasteiger partial charge in [0.15, 0.2) is 0 Å². The summed E-state index contributed by atoms with van der Waals surface area (Å²) < 4.78 is 7.49. The van der Waals surface area contributed by atoms with E-state index >= 15 is 0 Å². The SMILES string of the molecule is CCn1ncc(COc2ccccc2C)c1N. The fourth-order valence-electron chi connectivity index (χ4n) is 1.67. The summed E-state index contributed by atoms with van der Waals surface area (Å²) in [5, 5.41) is 4.18. The molecule has 1 heterocycles. The number of nitrogens with zero attached hydrogens (tertiary/aromatic N) is 2. The lowest BCUT2D eigenvalue weighted by Gasteiger charge is -2.08. The largest absolute Gasteiger partial charge is 0.488 e. The van der Waals surface area contributed by atoms with Crippen molar-refractivity contribution in [3.8, 4) is 5.75 Å². The minimum Gasteiger partial charge on any atom is -0.488 e. The van der Waals surface area contributed by atoms with Gasteiger partial charge in [-0.25, -0.2) is 0 Å². The van der Waals surface area contributed by atoms with Crippen LogP contribution >= 0.6 is 0 Å². The Kier molecular flexibility index (Phi) is 3.32. The average Bonchev–Trinajstić information content (AvgIpc) is 2.69. The van der Waals surface area contributed by atoms with Crippen LogP contribution in [0.25, 0.3) is 0 Å². The Hall–Kier alpha value is -1.97. The highest BCUT2D eigenvalue weighted by molar-refractivity contribution is 5.39. The van der Waals surface area contributed by atoms with E-state index in [4.69, 9.17) is 10.5 Å². The predicted molar refractivity (Wildman–Crippen MR) is 67.8 cm³/mol. The van der Waals surface area contributed by atoms with Gasteiger partial charge in [-0.1, -0.05) is 18.2 Å². The molecular formula is C13H17N3O. The van der Waals surface area contributed by atoms with Gasteiger partial charge < -0.3 is 10.5 Å². The second kappa shape index (κ2) is 4.91. The lowest BCUT2D eigenvalue weighted by atomic mass is 10.2. The molecule has 0 saturated heterocycles. The van der Waals surface area contributed by atoms with E-state index in [-0.39, 0.29) is 0 Å². The van der Waals surface area contributed by atoms with E-state index < -0.39 is 0 Å². The van der Waals surface area contributed by atoms with Gasteiger partial charge >= 0.3 is 0 Å². The summed E-state index contributed by atoms with van der Waals surface area (Å²) in [7, 11) is 0. The molecule has 2 rings (SSSR count). The second-order valence-electron chi connectivity index (χ2n) is 3.92. The summed E-state index contributed by atoms with van der Waals surface area (Å²) in [4.78, 5) is 0. The summed E-state index contributed by atoms with van der Waals surface area (Å²) in [5.41, 5.74) is 7.98. The summed E-state index contributed by atoms with van der Waals surface area (Å²) >= 11 is 0. The van der Waals surface area contributed by atoms with Gasteiger partial charge in [0.25, 0.3) is 0 Å². The molecule has 4 heteroatoms. The zero-order valence-corrected chi connectivity index (χ0v) is 10.2. The number of hydrogen-bond donors (Lipinski definition) is 1. The molecule has 0 radical (unpaired) electrons. The number of rotatable bonds is 4. The number of aromatic nitrogens is 2. The van der Waals surface area contributed by atoms with Crippen LogP contribution in [0.2, 0.25) is 0 Å². The number of aryl methyl sites for hydroxylation is 2. The van der Waals surface area contributed by atoms with Gasteiger partial charge in [-0.3, -0.25) is 4.68 Å². The molecule has 90 valence electrons. The lowest BCUT2D eigenvalue weighted by Crippen LogP contribution is -2.05. The standard InChI is InChI=1S/C13H17N3O/c1-3-16-13(14)11(8-15-16)9-17-12-7-5-4-6-10(12)2/h4-8H,3,9,14H2,1-2H3. The van der Waals surface area contributed by atoms with Crippen molar-refractivity contribution in [3.63, 3.8) is 0 Å². The number of benzene rings is 1. The smallest absolute Gasteiger partial charge is 0.128 e. The Morgan fingerprint density at radius 1 is 1.35 bits per heavy atom. The molecule has 0 atom stereocenters. The Balaban J connectivity index is 2.07. The molecular weight excluding hydrogens is 214 g/mol. The van der Waals surface area contributed by atoms with Gasteiger partial charge in [0.1, 0.15) is 18.2 Å². The van der Waals surface area contributed by atoms with Crippen LogP contribution in [0, 0.1) is 6.92 Å². The summed E-state index contributed by atoms with van der Waals surface area (Å²) in [6.07, 6.45) is 1.76. The Labute approximate surface area is 101 Å². The van der Waals surface area contributed by atoms with Crippen LogP contribution in [0.1, 0.15) is 18.1 Å². The van der Waals surface area contributed by atoms with Gasteiger partial charge in [0, 0.05) is 6.54 Å². The van der Waals surface area contributed by atoms with E-state index in [9.17, 15) is 0 Å². The van der Waals surface area contributed by atoms with E-state index in [1.54, 1.807) is 10.9 Å². The maximum Gasteiger partial charge on any atom is 0.128 e. The maximum absolute atomic E-state index is 5.94. The highest BCUT2D eigenvalue weighted by Gasteiger charge is 2.07. The molecule has 0 fully saturated rings. The van der Waals surface area contributed by atoms with Gasteiger partial charge in [0.2, 0.25) is 0 Å². The van der Waals surface area contributed by atoms with Gasteiger partial charge in [-0.05, 0) is 25.5 Å². The molecule has 2 N–H and O–H groups in total.